The Bertz CT molecular complexity index is 306. The molecule has 0 heterocycles. The maximum atomic E-state index is 13.1. The summed E-state index contributed by atoms with van der Waals surface area (Å²) >= 11 is 5.41. The summed E-state index contributed by atoms with van der Waals surface area (Å²) in [6, 6.07) is 4.78. The first kappa shape index (κ1) is 11.3. The Labute approximate surface area is 87.7 Å². The van der Waals surface area contributed by atoms with E-state index >= 15 is 0 Å². The molecule has 0 saturated carbocycles. The number of halogens is 2. The summed E-state index contributed by atoms with van der Waals surface area (Å²) < 4.78 is 13.1. The van der Waals surface area contributed by atoms with Gasteiger partial charge in [-0.3, -0.25) is 0 Å². The van der Waals surface area contributed by atoms with E-state index in [9.17, 15) is 4.39 Å². The minimum atomic E-state index is -0.656. The summed E-state index contributed by atoms with van der Waals surface area (Å²) in [6.45, 7) is 2.13. The fourth-order valence-electron chi connectivity index (χ4n) is 1.06. The van der Waals surface area contributed by atoms with Crippen molar-refractivity contribution >= 4 is 17.3 Å². The molecule has 1 atom stereocenters. The van der Waals surface area contributed by atoms with E-state index in [1.165, 1.54) is 6.07 Å². The lowest BCUT2D eigenvalue weighted by Gasteiger charge is -2.11. The van der Waals surface area contributed by atoms with Gasteiger partial charge >= 0.3 is 0 Å². The molecule has 0 radical (unpaired) electrons. The van der Waals surface area contributed by atoms with Crippen molar-refractivity contribution in [3.05, 3.63) is 29.6 Å². The molecule has 2 N–H and O–H groups in total. The van der Waals surface area contributed by atoms with E-state index in [4.69, 9.17) is 16.7 Å². The normalized spacial score (nSPS) is 12.6. The predicted octanol–water partition coefficient (Wildman–Crippen LogP) is 2.15. The first-order valence-electron chi connectivity index (χ1n) is 4.37. The molecule has 0 spiro atoms. The third kappa shape index (κ3) is 3.16. The van der Waals surface area contributed by atoms with Gasteiger partial charge in [0.1, 0.15) is 5.82 Å². The Morgan fingerprint density at radius 2 is 2.29 bits per heavy atom. The molecule has 1 rings (SSSR count). The van der Waals surface area contributed by atoms with Crippen LogP contribution in [0.5, 0.6) is 0 Å². The Morgan fingerprint density at radius 3 is 2.93 bits per heavy atom. The van der Waals surface area contributed by atoms with Crippen molar-refractivity contribution in [2.75, 3.05) is 17.7 Å². The van der Waals surface area contributed by atoms with Crippen LogP contribution in [0, 0.1) is 12.7 Å². The molecule has 0 saturated heterocycles. The Hall–Kier alpha value is -0.800. The maximum absolute atomic E-state index is 13.1. The van der Waals surface area contributed by atoms with Crippen molar-refractivity contribution in [2.45, 2.75) is 13.0 Å². The molecule has 0 aliphatic heterocycles. The van der Waals surface area contributed by atoms with Crippen molar-refractivity contribution in [1.82, 2.24) is 0 Å². The lowest BCUT2D eigenvalue weighted by atomic mass is 10.2. The van der Waals surface area contributed by atoms with Gasteiger partial charge in [0.25, 0.3) is 0 Å². The van der Waals surface area contributed by atoms with Gasteiger partial charge in [-0.05, 0) is 24.6 Å². The average Bonchev–Trinajstić information content (AvgIpc) is 2.19. The second-order valence-corrected chi connectivity index (χ2v) is 3.48. The van der Waals surface area contributed by atoms with Crippen LogP contribution in [0.3, 0.4) is 0 Å². The molecule has 0 amide bonds. The van der Waals surface area contributed by atoms with Crippen molar-refractivity contribution in [3.8, 4) is 0 Å². The van der Waals surface area contributed by atoms with Crippen LogP contribution in [0.2, 0.25) is 0 Å². The van der Waals surface area contributed by atoms with Crippen LogP contribution in [-0.4, -0.2) is 23.6 Å². The van der Waals surface area contributed by atoms with Gasteiger partial charge in [-0.2, -0.15) is 0 Å². The monoisotopic (exact) mass is 217 g/mol. The van der Waals surface area contributed by atoms with Crippen LogP contribution in [0.4, 0.5) is 10.1 Å². The zero-order valence-electron chi connectivity index (χ0n) is 7.93. The maximum Gasteiger partial charge on any atom is 0.146 e. The highest BCUT2D eigenvalue weighted by molar-refractivity contribution is 6.18. The summed E-state index contributed by atoms with van der Waals surface area (Å²) in [6.07, 6.45) is -0.656. The molecule has 0 aliphatic rings. The number of hydrogen-bond acceptors (Lipinski definition) is 2. The van der Waals surface area contributed by atoms with Gasteiger partial charge in [0.05, 0.1) is 17.7 Å². The van der Waals surface area contributed by atoms with Crippen molar-refractivity contribution in [3.63, 3.8) is 0 Å². The van der Waals surface area contributed by atoms with Gasteiger partial charge in [0.15, 0.2) is 0 Å². The number of rotatable bonds is 4. The molecule has 78 valence electrons. The zero-order valence-corrected chi connectivity index (χ0v) is 8.68. The largest absolute Gasteiger partial charge is 0.390 e. The van der Waals surface area contributed by atoms with Gasteiger partial charge in [-0.15, -0.1) is 11.6 Å². The SMILES string of the molecule is Cc1ccc(F)c(NCC(O)CCl)c1. The molecule has 2 nitrogen and oxygen atoms in total. The van der Waals surface area contributed by atoms with Gasteiger partial charge in [0.2, 0.25) is 0 Å². The summed E-state index contributed by atoms with van der Waals surface area (Å²) in [5.74, 6) is -0.183. The average molecular weight is 218 g/mol. The molecule has 1 unspecified atom stereocenters. The van der Waals surface area contributed by atoms with Crippen molar-refractivity contribution < 1.29 is 9.50 Å². The molecular weight excluding hydrogens is 205 g/mol. The summed E-state index contributed by atoms with van der Waals surface area (Å²) in [5, 5.41) is 12.0. The van der Waals surface area contributed by atoms with Gasteiger partial charge in [-0.25, -0.2) is 4.39 Å². The molecule has 4 heteroatoms. The van der Waals surface area contributed by atoms with Gasteiger partial charge < -0.3 is 10.4 Å². The molecule has 0 aliphatic carbocycles. The fourth-order valence-corrected chi connectivity index (χ4v) is 1.17. The van der Waals surface area contributed by atoms with Crippen LogP contribution < -0.4 is 5.32 Å². The lowest BCUT2D eigenvalue weighted by Crippen LogP contribution is -2.21. The number of aliphatic hydroxyl groups is 1. The molecule has 1 aromatic carbocycles. The van der Waals surface area contributed by atoms with Crippen LogP contribution in [0.25, 0.3) is 0 Å². The standard InChI is InChI=1S/C10H13ClFNO/c1-7-2-3-9(12)10(4-7)13-6-8(14)5-11/h2-4,8,13-14H,5-6H2,1H3. The Kier molecular flexibility index (Phi) is 4.17. The highest BCUT2D eigenvalue weighted by Gasteiger charge is 2.04. The zero-order chi connectivity index (χ0) is 10.6. The van der Waals surface area contributed by atoms with Crippen molar-refractivity contribution in [1.29, 1.82) is 0 Å². The molecule has 0 bridgehead atoms. The quantitative estimate of drug-likeness (QED) is 0.758. The van der Waals surface area contributed by atoms with Crippen LogP contribution in [0.1, 0.15) is 5.56 Å². The van der Waals surface area contributed by atoms with E-state index in [-0.39, 0.29) is 18.2 Å². The summed E-state index contributed by atoms with van der Waals surface area (Å²) in [7, 11) is 0. The lowest BCUT2D eigenvalue weighted by molar-refractivity contribution is 0.211. The molecular formula is C10H13ClFNO. The van der Waals surface area contributed by atoms with Crippen molar-refractivity contribution in [2.24, 2.45) is 0 Å². The Morgan fingerprint density at radius 1 is 1.57 bits per heavy atom. The highest BCUT2D eigenvalue weighted by atomic mass is 35.5. The van der Waals surface area contributed by atoms with E-state index in [1.807, 2.05) is 6.92 Å². The van der Waals surface area contributed by atoms with Crippen LogP contribution in [-0.2, 0) is 0 Å². The second-order valence-electron chi connectivity index (χ2n) is 3.17. The van der Waals surface area contributed by atoms with E-state index in [0.717, 1.165) is 5.56 Å². The van der Waals surface area contributed by atoms with E-state index < -0.39 is 6.10 Å². The van der Waals surface area contributed by atoms with Crippen LogP contribution >= 0.6 is 11.6 Å². The predicted molar refractivity (Wildman–Crippen MR) is 56.4 cm³/mol. The number of nitrogens with one attached hydrogen (secondary N) is 1. The van der Waals surface area contributed by atoms with E-state index in [0.29, 0.717) is 5.69 Å². The fraction of sp³-hybridized carbons (Fsp3) is 0.400. The minimum Gasteiger partial charge on any atom is -0.390 e. The molecule has 14 heavy (non-hydrogen) atoms. The molecule has 1 aromatic rings. The summed E-state index contributed by atoms with van der Waals surface area (Å²) in [5.41, 5.74) is 1.36. The third-order valence-electron chi connectivity index (χ3n) is 1.83. The third-order valence-corrected chi connectivity index (χ3v) is 2.18. The molecule has 0 aromatic heterocycles. The first-order chi connectivity index (χ1) is 6.63. The topological polar surface area (TPSA) is 32.3 Å². The van der Waals surface area contributed by atoms with Gasteiger partial charge in [-0.1, -0.05) is 6.07 Å². The summed E-state index contributed by atoms with van der Waals surface area (Å²) in [4.78, 5) is 0. The number of anilines is 1. The smallest absolute Gasteiger partial charge is 0.146 e. The minimum absolute atomic E-state index is 0.139. The second kappa shape index (κ2) is 5.17. The van der Waals surface area contributed by atoms with E-state index in [1.54, 1.807) is 12.1 Å². The number of hydrogen-bond donors (Lipinski definition) is 2. The number of benzene rings is 1. The number of aliphatic hydroxyl groups excluding tert-OH is 1. The van der Waals surface area contributed by atoms with Gasteiger partial charge in [0, 0.05) is 6.54 Å². The van der Waals surface area contributed by atoms with E-state index in [2.05, 4.69) is 5.32 Å². The first-order valence-corrected chi connectivity index (χ1v) is 4.91. The van der Waals surface area contributed by atoms with Crippen LogP contribution in [0.15, 0.2) is 18.2 Å². The Balaban J connectivity index is 2.62. The number of alkyl halides is 1. The highest BCUT2D eigenvalue weighted by Crippen LogP contribution is 2.15. The number of aryl methyl sites for hydroxylation is 1. The molecule has 0 fully saturated rings.